The number of nitrogen functional groups attached to an aromatic ring is 1. The SMILES string of the molecule is CC(=O)N1CCC(c2cc(OC3CC3)c(N)cc2C)CC1. The lowest BCUT2D eigenvalue weighted by Crippen LogP contribution is -2.36. The predicted molar refractivity (Wildman–Crippen MR) is 83.5 cm³/mol. The van der Waals surface area contributed by atoms with E-state index in [1.807, 2.05) is 11.0 Å². The van der Waals surface area contributed by atoms with Gasteiger partial charge in [0.05, 0.1) is 11.8 Å². The van der Waals surface area contributed by atoms with Crippen LogP contribution in [-0.2, 0) is 4.79 Å². The van der Waals surface area contributed by atoms with Crippen LogP contribution < -0.4 is 10.5 Å². The lowest BCUT2D eigenvalue weighted by atomic mass is 9.86. The second-order valence-electron chi connectivity index (χ2n) is 6.34. The van der Waals surface area contributed by atoms with Crippen molar-refractivity contribution in [2.45, 2.75) is 51.6 Å². The fraction of sp³-hybridized carbons (Fsp3) is 0.588. The van der Waals surface area contributed by atoms with Gasteiger partial charge in [0.15, 0.2) is 0 Å². The first-order chi connectivity index (χ1) is 10.0. The summed E-state index contributed by atoms with van der Waals surface area (Å²) >= 11 is 0. The summed E-state index contributed by atoms with van der Waals surface area (Å²) in [5, 5.41) is 0. The van der Waals surface area contributed by atoms with Gasteiger partial charge in [-0.2, -0.15) is 0 Å². The first-order valence-electron chi connectivity index (χ1n) is 7.87. The van der Waals surface area contributed by atoms with E-state index in [-0.39, 0.29) is 5.91 Å². The Morgan fingerprint density at radius 1 is 1.24 bits per heavy atom. The third-order valence-corrected chi connectivity index (χ3v) is 4.60. The van der Waals surface area contributed by atoms with Crippen LogP contribution in [0.5, 0.6) is 5.75 Å². The van der Waals surface area contributed by atoms with E-state index in [0.717, 1.165) is 50.2 Å². The number of hydrogen-bond donors (Lipinski definition) is 1. The van der Waals surface area contributed by atoms with Crippen LogP contribution in [0, 0.1) is 6.92 Å². The van der Waals surface area contributed by atoms with E-state index in [4.69, 9.17) is 10.5 Å². The molecule has 0 aromatic heterocycles. The maximum Gasteiger partial charge on any atom is 0.219 e. The van der Waals surface area contributed by atoms with Crippen molar-refractivity contribution in [1.82, 2.24) is 4.90 Å². The second kappa shape index (κ2) is 5.58. The Labute approximate surface area is 126 Å². The predicted octanol–water partition coefficient (Wildman–Crippen LogP) is 2.84. The molecule has 0 spiro atoms. The number of amides is 1. The largest absolute Gasteiger partial charge is 0.488 e. The molecule has 1 aromatic rings. The van der Waals surface area contributed by atoms with E-state index < -0.39 is 0 Å². The summed E-state index contributed by atoms with van der Waals surface area (Å²) in [6.07, 6.45) is 4.68. The maximum atomic E-state index is 11.4. The molecule has 0 unspecified atom stereocenters. The lowest BCUT2D eigenvalue weighted by Gasteiger charge is -2.32. The minimum absolute atomic E-state index is 0.181. The maximum absolute atomic E-state index is 11.4. The van der Waals surface area contributed by atoms with Gasteiger partial charge >= 0.3 is 0 Å². The first kappa shape index (κ1) is 14.2. The Balaban J connectivity index is 1.76. The number of benzene rings is 1. The molecule has 1 aliphatic heterocycles. The Morgan fingerprint density at radius 2 is 1.90 bits per heavy atom. The van der Waals surface area contributed by atoms with Crippen molar-refractivity contribution in [3.8, 4) is 5.75 Å². The molecule has 1 saturated heterocycles. The minimum Gasteiger partial charge on any atom is -0.488 e. The molecule has 4 heteroatoms. The molecular weight excluding hydrogens is 264 g/mol. The van der Waals surface area contributed by atoms with Gasteiger partial charge < -0.3 is 15.4 Å². The number of hydrogen-bond acceptors (Lipinski definition) is 3. The number of rotatable bonds is 3. The van der Waals surface area contributed by atoms with E-state index in [0.29, 0.717) is 12.0 Å². The van der Waals surface area contributed by atoms with Crippen molar-refractivity contribution in [2.24, 2.45) is 0 Å². The normalized spacial score (nSPS) is 19.6. The number of aryl methyl sites for hydroxylation is 1. The minimum atomic E-state index is 0.181. The van der Waals surface area contributed by atoms with Crippen LogP contribution in [-0.4, -0.2) is 30.0 Å². The number of likely N-dealkylation sites (tertiary alicyclic amines) is 1. The summed E-state index contributed by atoms with van der Waals surface area (Å²) in [5.74, 6) is 1.52. The summed E-state index contributed by atoms with van der Waals surface area (Å²) in [6, 6.07) is 4.17. The van der Waals surface area contributed by atoms with Crippen LogP contribution in [0.4, 0.5) is 5.69 Å². The van der Waals surface area contributed by atoms with Crippen LogP contribution in [0.3, 0.4) is 0 Å². The smallest absolute Gasteiger partial charge is 0.219 e. The zero-order valence-corrected chi connectivity index (χ0v) is 12.9. The van der Waals surface area contributed by atoms with Crippen LogP contribution in [0.25, 0.3) is 0 Å². The van der Waals surface area contributed by atoms with Crippen molar-refractivity contribution < 1.29 is 9.53 Å². The lowest BCUT2D eigenvalue weighted by molar-refractivity contribution is -0.129. The second-order valence-corrected chi connectivity index (χ2v) is 6.34. The Kier molecular flexibility index (Phi) is 3.79. The van der Waals surface area contributed by atoms with E-state index in [2.05, 4.69) is 13.0 Å². The number of anilines is 1. The topological polar surface area (TPSA) is 55.6 Å². The van der Waals surface area contributed by atoms with Crippen molar-refractivity contribution in [2.75, 3.05) is 18.8 Å². The fourth-order valence-corrected chi connectivity index (χ4v) is 3.14. The van der Waals surface area contributed by atoms with Crippen molar-refractivity contribution >= 4 is 11.6 Å². The molecule has 2 fully saturated rings. The van der Waals surface area contributed by atoms with E-state index in [9.17, 15) is 4.79 Å². The zero-order chi connectivity index (χ0) is 15.0. The first-order valence-corrected chi connectivity index (χ1v) is 7.87. The average molecular weight is 288 g/mol. The Morgan fingerprint density at radius 3 is 2.48 bits per heavy atom. The molecule has 1 aromatic carbocycles. The van der Waals surface area contributed by atoms with E-state index in [1.54, 1.807) is 6.92 Å². The highest BCUT2D eigenvalue weighted by molar-refractivity contribution is 5.73. The van der Waals surface area contributed by atoms with Gasteiger partial charge in [0.25, 0.3) is 0 Å². The number of carbonyl (C=O) groups is 1. The van der Waals surface area contributed by atoms with Gasteiger partial charge in [0, 0.05) is 20.0 Å². The molecule has 2 aliphatic rings. The number of nitrogens with zero attached hydrogens (tertiary/aromatic N) is 1. The zero-order valence-electron chi connectivity index (χ0n) is 12.9. The van der Waals surface area contributed by atoms with Gasteiger partial charge in [0.2, 0.25) is 5.91 Å². The number of piperidine rings is 1. The molecule has 0 bridgehead atoms. The number of nitrogens with two attached hydrogens (primary N) is 1. The van der Waals surface area contributed by atoms with Crippen LogP contribution >= 0.6 is 0 Å². The molecule has 0 radical (unpaired) electrons. The standard InChI is InChI=1S/C17H24N2O2/c1-11-9-16(18)17(21-14-3-4-14)10-15(11)13-5-7-19(8-6-13)12(2)20/h9-10,13-14H,3-8,18H2,1-2H3. The molecule has 1 heterocycles. The summed E-state index contributed by atoms with van der Waals surface area (Å²) in [5.41, 5.74) is 9.39. The monoisotopic (exact) mass is 288 g/mol. The summed E-state index contributed by atoms with van der Waals surface area (Å²) in [7, 11) is 0. The number of carbonyl (C=O) groups excluding carboxylic acids is 1. The van der Waals surface area contributed by atoms with Crippen LogP contribution in [0.2, 0.25) is 0 Å². The van der Waals surface area contributed by atoms with Gasteiger partial charge in [-0.1, -0.05) is 0 Å². The molecule has 2 N–H and O–H groups in total. The molecule has 21 heavy (non-hydrogen) atoms. The molecular formula is C17H24N2O2. The highest BCUT2D eigenvalue weighted by Gasteiger charge is 2.27. The highest BCUT2D eigenvalue weighted by Crippen LogP contribution is 2.37. The van der Waals surface area contributed by atoms with Gasteiger partial charge in [-0.25, -0.2) is 0 Å². The molecule has 114 valence electrons. The molecule has 3 rings (SSSR count). The summed E-state index contributed by atoms with van der Waals surface area (Å²) in [6.45, 7) is 5.46. The van der Waals surface area contributed by atoms with Crippen molar-refractivity contribution in [3.05, 3.63) is 23.3 Å². The third-order valence-electron chi connectivity index (χ3n) is 4.60. The highest BCUT2D eigenvalue weighted by atomic mass is 16.5. The van der Waals surface area contributed by atoms with Crippen molar-refractivity contribution in [3.63, 3.8) is 0 Å². The molecule has 1 amide bonds. The quantitative estimate of drug-likeness (QED) is 0.870. The third kappa shape index (κ3) is 3.14. The molecule has 0 atom stereocenters. The van der Waals surface area contributed by atoms with Gasteiger partial charge in [0.1, 0.15) is 5.75 Å². The van der Waals surface area contributed by atoms with Gasteiger partial charge in [-0.3, -0.25) is 4.79 Å². The molecule has 1 saturated carbocycles. The van der Waals surface area contributed by atoms with Crippen LogP contribution in [0.1, 0.15) is 49.7 Å². The van der Waals surface area contributed by atoms with E-state index >= 15 is 0 Å². The molecule has 4 nitrogen and oxygen atoms in total. The van der Waals surface area contributed by atoms with Gasteiger partial charge in [-0.15, -0.1) is 0 Å². The van der Waals surface area contributed by atoms with Gasteiger partial charge in [-0.05, 0) is 61.8 Å². The van der Waals surface area contributed by atoms with Crippen LogP contribution in [0.15, 0.2) is 12.1 Å². The summed E-state index contributed by atoms with van der Waals surface area (Å²) < 4.78 is 5.91. The fourth-order valence-electron chi connectivity index (χ4n) is 3.14. The Bertz CT molecular complexity index is 544. The Hall–Kier alpha value is -1.71. The van der Waals surface area contributed by atoms with E-state index in [1.165, 1.54) is 11.1 Å². The number of ether oxygens (including phenoxy) is 1. The van der Waals surface area contributed by atoms with Crippen molar-refractivity contribution in [1.29, 1.82) is 0 Å². The summed E-state index contributed by atoms with van der Waals surface area (Å²) in [4.78, 5) is 13.4. The average Bonchev–Trinajstić information content (AvgIpc) is 3.26. The molecule has 1 aliphatic carbocycles.